The zero-order valence-corrected chi connectivity index (χ0v) is 12.4. The molecule has 0 bridgehead atoms. The Kier molecular flexibility index (Phi) is 4.29. The summed E-state index contributed by atoms with van der Waals surface area (Å²) in [5.74, 6) is -0.612. The Hall–Kier alpha value is -2.33. The van der Waals surface area contributed by atoms with Gasteiger partial charge in [-0.3, -0.25) is 10.5 Å². The Balaban J connectivity index is 2.50. The molecule has 0 aliphatic rings. The normalized spacial score (nSPS) is 13.5. The van der Waals surface area contributed by atoms with Crippen molar-refractivity contribution in [3.63, 3.8) is 0 Å². The summed E-state index contributed by atoms with van der Waals surface area (Å²) in [6.45, 7) is 4.04. The van der Waals surface area contributed by atoms with E-state index in [1.54, 1.807) is 12.1 Å². The molecule has 0 aromatic heterocycles. The van der Waals surface area contributed by atoms with Gasteiger partial charge in [0.15, 0.2) is 5.66 Å². The molecule has 2 aromatic carbocycles. The van der Waals surface area contributed by atoms with Crippen molar-refractivity contribution in [3.8, 4) is 0 Å². The van der Waals surface area contributed by atoms with E-state index in [0.717, 1.165) is 23.2 Å². The van der Waals surface area contributed by atoms with Crippen LogP contribution >= 0.6 is 0 Å². The monoisotopic (exact) mass is 283 g/mol. The minimum absolute atomic E-state index is 0.612. The van der Waals surface area contributed by atoms with E-state index in [1.807, 2.05) is 43.3 Å². The second-order valence-corrected chi connectivity index (χ2v) is 5.13. The highest BCUT2D eigenvalue weighted by molar-refractivity contribution is 5.89. The molecular weight excluding hydrogens is 262 g/mol. The van der Waals surface area contributed by atoms with Gasteiger partial charge in [0.25, 0.3) is 5.91 Å². The SMILES string of the molecule is CCc1cccc(C)c1NC(N)(C(N)=O)c1ccccc1. The first-order chi connectivity index (χ1) is 9.99. The molecule has 0 spiro atoms. The van der Waals surface area contributed by atoms with Crippen LogP contribution in [0.4, 0.5) is 5.69 Å². The third kappa shape index (κ3) is 2.90. The largest absolute Gasteiger partial charge is 0.366 e. The number of nitrogens with one attached hydrogen (secondary N) is 1. The van der Waals surface area contributed by atoms with Crippen molar-refractivity contribution in [2.75, 3.05) is 5.32 Å². The summed E-state index contributed by atoms with van der Waals surface area (Å²) in [5.41, 5.74) is 14.1. The minimum atomic E-state index is -1.43. The van der Waals surface area contributed by atoms with Crippen LogP contribution in [0.5, 0.6) is 0 Å². The van der Waals surface area contributed by atoms with Crippen molar-refractivity contribution in [1.82, 2.24) is 0 Å². The molecule has 1 unspecified atom stereocenters. The first kappa shape index (κ1) is 15.1. The molecule has 5 N–H and O–H groups in total. The molecule has 0 saturated carbocycles. The van der Waals surface area contributed by atoms with Crippen molar-refractivity contribution in [2.45, 2.75) is 25.9 Å². The maximum Gasteiger partial charge on any atom is 0.262 e. The smallest absolute Gasteiger partial charge is 0.262 e. The zero-order valence-electron chi connectivity index (χ0n) is 12.4. The van der Waals surface area contributed by atoms with Gasteiger partial charge in [0.1, 0.15) is 0 Å². The molecule has 4 heteroatoms. The fraction of sp³-hybridized carbons (Fsp3) is 0.235. The van der Waals surface area contributed by atoms with Gasteiger partial charge in [0.05, 0.1) is 0 Å². The summed E-state index contributed by atoms with van der Waals surface area (Å²) in [6.07, 6.45) is 0.841. The van der Waals surface area contributed by atoms with E-state index in [9.17, 15) is 4.79 Å². The van der Waals surface area contributed by atoms with Crippen molar-refractivity contribution < 1.29 is 4.79 Å². The molecule has 0 aliphatic heterocycles. The van der Waals surface area contributed by atoms with Crippen LogP contribution in [-0.4, -0.2) is 5.91 Å². The van der Waals surface area contributed by atoms with Crippen LogP contribution in [0.3, 0.4) is 0 Å². The molecule has 21 heavy (non-hydrogen) atoms. The lowest BCUT2D eigenvalue weighted by atomic mass is 9.97. The Morgan fingerprint density at radius 2 is 1.81 bits per heavy atom. The molecule has 1 amide bonds. The average molecular weight is 283 g/mol. The summed E-state index contributed by atoms with van der Waals surface area (Å²) < 4.78 is 0. The van der Waals surface area contributed by atoms with Gasteiger partial charge in [0.2, 0.25) is 0 Å². The Labute approximate surface area is 125 Å². The Morgan fingerprint density at radius 3 is 2.38 bits per heavy atom. The van der Waals surface area contributed by atoms with Gasteiger partial charge in [-0.05, 0) is 24.5 Å². The molecule has 0 heterocycles. The van der Waals surface area contributed by atoms with Crippen molar-refractivity contribution >= 4 is 11.6 Å². The van der Waals surface area contributed by atoms with Gasteiger partial charge < -0.3 is 11.1 Å². The average Bonchev–Trinajstić information content (AvgIpc) is 2.49. The number of carbonyl (C=O) groups is 1. The summed E-state index contributed by atoms with van der Waals surface area (Å²) >= 11 is 0. The zero-order chi connectivity index (χ0) is 15.5. The third-order valence-corrected chi connectivity index (χ3v) is 3.68. The maximum atomic E-state index is 12.0. The number of aryl methyl sites for hydroxylation is 2. The van der Waals surface area contributed by atoms with E-state index in [2.05, 4.69) is 12.2 Å². The van der Waals surface area contributed by atoms with Gasteiger partial charge in [0, 0.05) is 11.3 Å². The molecular formula is C17H21N3O. The fourth-order valence-electron chi connectivity index (χ4n) is 2.38. The quantitative estimate of drug-likeness (QED) is 0.736. The topological polar surface area (TPSA) is 81.1 Å². The van der Waals surface area contributed by atoms with E-state index in [1.165, 1.54) is 0 Å². The van der Waals surface area contributed by atoms with Crippen LogP contribution in [0, 0.1) is 6.92 Å². The molecule has 4 nitrogen and oxygen atoms in total. The van der Waals surface area contributed by atoms with Gasteiger partial charge in [-0.1, -0.05) is 55.5 Å². The summed E-state index contributed by atoms with van der Waals surface area (Å²) in [7, 11) is 0. The molecule has 0 fully saturated rings. The van der Waals surface area contributed by atoms with Crippen LogP contribution in [0.2, 0.25) is 0 Å². The molecule has 2 rings (SSSR count). The van der Waals surface area contributed by atoms with Crippen molar-refractivity contribution in [1.29, 1.82) is 0 Å². The summed E-state index contributed by atoms with van der Waals surface area (Å²) in [4.78, 5) is 12.0. The Morgan fingerprint density at radius 1 is 1.14 bits per heavy atom. The number of hydrogen-bond acceptors (Lipinski definition) is 3. The number of para-hydroxylation sites is 1. The number of amides is 1. The van der Waals surface area contributed by atoms with Crippen molar-refractivity contribution in [2.24, 2.45) is 11.5 Å². The van der Waals surface area contributed by atoms with Gasteiger partial charge >= 0.3 is 0 Å². The number of anilines is 1. The van der Waals surface area contributed by atoms with Crippen molar-refractivity contribution in [3.05, 3.63) is 65.2 Å². The van der Waals surface area contributed by atoms with E-state index < -0.39 is 11.6 Å². The van der Waals surface area contributed by atoms with Crippen LogP contribution in [0.1, 0.15) is 23.6 Å². The number of nitrogens with two attached hydrogens (primary N) is 2. The maximum absolute atomic E-state index is 12.0. The first-order valence-corrected chi connectivity index (χ1v) is 7.00. The lowest BCUT2D eigenvalue weighted by Crippen LogP contribution is -2.55. The predicted octanol–water partition coefficient (Wildman–Crippen LogP) is 2.27. The number of rotatable bonds is 5. The first-order valence-electron chi connectivity index (χ1n) is 7.00. The van der Waals surface area contributed by atoms with E-state index in [0.29, 0.717) is 5.56 Å². The highest BCUT2D eigenvalue weighted by Gasteiger charge is 2.34. The van der Waals surface area contributed by atoms with Gasteiger partial charge in [-0.25, -0.2) is 0 Å². The highest BCUT2D eigenvalue weighted by atomic mass is 16.2. The number of hydrogen-bond donors (Lipinski definition) is 3. The summed E-state index contributed by atoms with van der Waals surface area (Å²) in [5, 5.41) is 3.16. The van der Waals surface area contributed by atoms with E-state index in [4.69, 9.17) is 11.5 Å². The lowest BCUT2D eigenvalue weighted by Gasteiger charge is -2.30. The summed E-state index contributed by atoms with van der Waals surface area (Å²) in [6, 6.07) is 15.1. The number of benzene rings is 2. The second kappa shape index (κ2) is 5.97. The van der Waals surface area contributed by atoms with E-state index >= 15 is 0 Å². The molecule has 1 atom stereocenters. The molecule has 0 aliphatic carbocycles. The Bertz CT molecular complexity index is 640. The fourth-order valence-corrected chi connectivity index (χ4v) is 2.38. The standard InChI is InChI=1S/C17H21N3O/c1-3-13-9-7-8-12(2)15(13)20-17(19,16(18)21)14-10-5-4-6-11-14/h4-11,20H,3,19H2,1-2H3,(H2,18,21). The lowest BCUT2D eigenvalue weighted by molar-refractivity contribution is -0.122. The van der Waals surface area contributed by atoms with Crippen LogP contribution in [0.15, 0.2) is 48.5 Å². The second-order valence-electron chi connectivity index (χ2n) is 5.13. The van der Waals surface area contributed by atoms with Crippen LogP contribution in [-0.2, 0) is 16.9 Å². The predicted molar refractivity (Wildman–Crippen MR) is 85.7 cm³/mol. The molecule has 0 radical (unpaired) electrons. The van der Waals surface area contributed by atoms with Gasteiger partial charge in [-0.2, -0.15) is 0 Å². The van der Waals surface area contributed by atoms with Crippen LogP contribution in [0.25, 0.3) is 0 Å². The molecule has 2 aromatic rings. The van der Waals surface area contributed by atoms with Gasteiger partial charge in [-0.15, -0.1) is 0 Å². The highest BCUT2D eigenvalue weighted by Crippen LogP contribution is 2.27. The third-order valence-electron chi connectivity index (χ3n) is 3.68. The number of primary amides is 1. The van der Waals surface area contributed by atoms with E-state index in [-0.39, 0.29) is 0 Å². The van der Waals surface area contributed by atoms with Crippen LogP contribution < -0.4 is 16.8 Å². The number of carbonyl (C=O) groups excluding carboxylic acids is 1. The molecule has 110 valence electrons. The molecule has 0 saturated heterocycles. The minimum Gasteiger partial charge on any atom is -0.366 e.